The highest BCUT2D eigenvalue weighted by atomic mass is 32.2. The summed E-state index contributed by atoms with van der Waals surface area (Å²) in [5.41, 5.74) is 0. The Morgan fingerprint density at radius 2 is 2.00 bits per heavy atom. The van der Waals surface area contributed by atoms with E-state index in [9.17, 15) is 13.2 Å². The largest absolute Gasteiger partial charge is 0.493 e. The van der Waals surface area contributed by atoms with Crippen LogP contribution in [0.3, 0.4) is 0 Å². The van der Waals surface area contributed by atoms with Crippen LogP contribution in [0.4, 0.5) is 0 Å². The summed E-state index contributed by atoms with van der Waals surface area (Å²) in [6.07, 6.45) is 0.465. The third-order valence-corrected chi connectivity index (χ3v) is 5.12. The van der Waals surface area contributed by atoms with E-state index in [4.69, 9.17) is 9.47 Å². The lowest BCUT2D eigenvalue weighted by molar-refractivity contribution is -0.123. The van der Waals surface area contributed by atoms with Crippen molar-refractivity contribution in [3.05, 3.63) is 24.3 Å². The Bertz CT molecular complexity index is 642. The van der Waals surface area contributed by atoms with Gasteiger partial charge in [0.05, 0.1) is 18.1 Å². The lowest BCUT2D eigenvalue weighted by atomic mass is 10.2. The number of sulfone groups is 1. The van der Waals surface area contributed by atoms with Crippen LogP contribution in [0.15, 0.2) is 24.3 Å². The van der Waals surface area contributed by atoms with Gasteiger partial charge in [-0.15, -0.1) is 0 Å². The fourth-order valence-corrected chi connectivity index (χ4v) is 3.92. The first-order valence-electron chi connectivity index (χ1n) is 7.69. The highest BCUT2D eigenvalue weighted by Crippen LogP contribution is 2.20. The molecule has 1 aromatic carbocycles. The number of carbonyl (C=O) groups excluding carboxylic acids is 1. The van der Waals surface area contributed by atoms with Crippen LogP contribution in [0.25, 0.3) is 0 Å². The van der Waals surface area contributed by atoms with Gasteiger partial charge in [0.15, 0.2) is 16.4 Å². The molecular weight excluding hydrogens is 318 g/mol. The van der Waals surface area contributed by atoms with Crippen LogP contribution < -0.4 is 14.8 Å². The average Bonchev–Trinajstić information content (AvgIpc) is 2.82. The Morgan fingerprint density at radius 3 is 2.61 bits per heavy atom. The van der Waals surface area contributed by atoms with Gasteiger partial charge in [0.1, 0.15) is 11.5 Å². The van der Waals surface area contributed by atoms with Gasteiger partial charge in [-0.1, -0.05) is 19.9 Å². The van der Waals surface area contributed by atoms with E-state index in [1.165, 1.54) is 0 Å². The fraction of sp³-hybridized carbons (Fsp3) is 0.562. The Labute approximate surface area is 137 Å². The van der Waals surface area contributed by atoms with E-state index >= 15 is 0 Å². The fourth-order valence-electron chi connectivity index (χ4n) is 2.24. The van der Waals surface area contributed by atoms with E-state index < -0.39 is 9.84 Å². The molecule has 0 spiro atoms. The van der Waals surface area contributed by atoms with E-state index in [0.717, 1.165) is 0 Å². The monoisotopic (exact) mass is 341 g/mol. The van der Waals surface area contributed by atoms with Crippen molar-refractivity contribution in [2.45, 2.75) is 26.3 Å². The first-order valence-corrected chi connectivity index (χ1v) is 9.51. The Hall–Kier alpha value is -1.76. The average molecular weight is 341 g/mol. The molecule has 7 heteroatoms. The molecule has 1 heterocycles. The second kappa shape index (κ2) is 7.68. The molecular formula is C16H23NO5S. The number of rotatable bonds is 7. The Balaban J connectivity index is 1.79. The molecule has 0 radical (unpaired) electrons. The predicted molar refractivity (Wildman–Crippen MR) is 87.5 cm³/mol. The second-order valence-corrected chi connectivity index (χ2v) is 8.36. The number of hydrogen-bond donors (Lipinski definition) is 1. The molecule has 1 fully saturated rings. The van der Waals surface area contributed by atoms with Crippen LogP contribution in [0, 0.1) is 5.92 Å². The van der Waals surface area contributed by atoms with Crippen molar-refractivity contribution in [2.75, 3.05) is 24.7 Å². The lowest BCUT2D eigenvalue weighted by Gasteiger charge is -2.13. The Kier molecular flexibility index (Phi) is 5.87. The van der Waals surface area contributed by atoms with Gasteiger partial charge >= 0.3 is 0 Å². The minimum atomic E-state index is -3.00. The number of nitrogens with one attached hydrogen (secondary N) is 1. The number of amides is 1. The van der Waals surface area contributed by atoms with Gasteiger partial charge in [-0.2, -0.15) is 0 Å². The maximum atomic E-state index is 11.8. The molecule has 0 unspecified atom stereocenters. The third-order valence-electron chi connectivity index (χ3n) is 3.36. The summed E-state index contributed by atoms with van der Waals surface area (Å²) >= 11 is 0. The molecule has 6 nitrogen and oxygen atoms in total. The van der Waals surface area contributed by atoms with Crippen molar-refractivity contribution in [3.8, 4) is 11.5 Å². The summed E-state index contributed by atoms with van der Waals surface area (Å²) in [6, 6.07) is 6.80. The number of benzene rings is 1. The van der Waals surface area contributed by atoms with E-state index in [0.29, 0.717) is 30.4 Å². The highest BCUT2D eigenvalue weighted by molar-refractivity contribution is 7.91. The second-order valence-electron chi connectivity index (χ2n) is 6.14. The van der Waals surface area contributed by atoms with Crippen molar-refractivity contribution in [1.29, 1.82) is 0 Å². The summed E-state index contributed by atoms with van der Waals surface area (Å²) in [6.45, 7) is 4.59. The summed E-state index contributed by atoms with van der Waals surface area (Å²) in [5, 5.41) is 2.69. The van der Waals surface area contributed by atoms with Crippen LogP contribution in [-0.2, 0) is 14.6 Å². The van der Waals surface area contributed by atoms with E-state index in [1.807, 2.05) is 6.07 Å². The molecule has 23 heavy (non-hydrogen) atoms. The van der Waals surface area contributed by atoms with Gasteiger partial charge in [0.2, 0.25) is 0 Å². The zero-order valence-electron chi connectivity index (χ0n) is 13.4. The minimum Gasteiger partial charge on any atom is -0.493 e. The first kappa shape index (κ1) is 17.6. The maximum Gasteiger partial charge on any atom is 0.258 e. The molecule has 1 amide bonds. The molecule has 0 aromatic heterocycles. The van der Waals surface area contributed by atoms with E-state index in [1.54, 1.807) is 18.2 Å². The molecule has 128 valence electrons. The van der Waals surface area contributed by atoms with Crippen molar-refractivity contribution >= 4 is 15.7 Å². The topological polar surface area (TPSA) is 81.7 Å². The van der Waals surface area contributed by atoms with Gasteiger partial charge < -0.3 is 14.8 Å². The van der Waals surface area contributed by atoms with Gasteiger partial charge in [-0.05, 0) is 24.5 Å². The Morgan fingerprint density at radius 1 is 1.30 bits per heavy atom. The molecule has 1 aliphatic heterocycles. The SMILES string of the molecule is CC(C)COc1cccc(OCC(=O)N[C@@H]2CCS(=O)(=O)C2)c1. The standard InChI is InChI=1S/C16H23NO5S/c1-12(2)9-21-14-4-3-5-15(8-14)22-10-16(18)17-13-6-7-23(19,20)11-13/h3-5,8,12-13H,6-7,9-11H2,1-2H3,(H,17,18)/t13-/m1/s1. The molecule has 1 aromatic rings. The number of hydrogen-bond acceptors (Lipinski definition) is 5. The molecule has 0 aliphatic carbocycles. The van der Waals surface area contributed by atoms with Crippen LogP contribution in [0.5, 0.6) is 11.5 Å². The smallest absolute Gasteiger partial charge is 0.258 e. The first-order chi connectivity index (χ1) is 10.8. The maximum absolute atomic E-state index is 11.8. The molecule has 1 saturated heterocycles. The molecule has 1 aliphatic rings. The molecule has 0 saturated carbocycles. The zero-order chi connectivity index (χ0) is 16.9. The third kappa shape index (κ3) is 6.09. The van der Waals surface area contributed by atoms with Crippen LogP contribution in [-0.4, -0.2) is 45.1 Å². The molecule has 1 atom stereocenters. The van der Waals surface area contributed by atoms with Crippen LogP contribution >= 0.6 is 0 Å². The van der Waals surface area contributed by atoms with Gasteiger partial charge in [0, 0.05) is 12.1 Å². The number of ether oxygens (including phenoxy) is 2. The minimum absolute atomic E-state index is 0.0112. The van der Waals surface area contributed by atoms with Crippen molar-refractivity contribution < 1.29 is 22.7 Å². The predicted octanol–water partition coefficient (Wildman–Crippen LogP) is 1.40. The van der Waals surface area contributed by atoms with Crippen molar-refractivity contribution in [3.63, 3.8) is 0 Å². The van der Waals surface area contributed by atoms with Gasteiger partial charge in [-0.3, -0.25) is 4.79 Å². The van der Waals surface area contributed by atoms with Gasteiger partial charge in [-0.25, -0.2) is 8.42 Å². The van der Waals surface area contributed by atoms with Gasteiger partial charge in [0.25, 0.3) is 5.91 Å². The zero-order valence-corrected chi connectivity index (χ0v) is 14.3. The van der Waals surface area contributed by atoms with E-state index in [2.05, 4.69) is 19.2 Å². The molecule has 1 N–H and O–H groups in total. The summed E-state index contributed by atoms with van der Waals surface area (Å²) in [5.74, 6) is 1.48. The summed E-state index contributed by atoms with van der Waals surface area (Å²) in [7, 11) is -3.00. The van der Waals surface area contributed by atoms with Crippen molar-refractivity contribution in [1.82, 2.24) is 5.32 Å². The normalized spacial score (nSPS) is 19.5. The summed E-state index contributed by atoms with van der Waals surface area (Å²) in [4.78, 5) is 11.8. The highest BCUT2D eigenvalue weighted by Gasteiger charge is 2.28. The lowest BCUT2D eigenvalue weighted by Crippen LogP contribution is -2.38. The van der Waals surface area contributed by atoms with E-state index in [-0.39, 0.29) is 30.1 Å². The molecule has 2 rings (SSSR count). The summed E-state index contributed by atoms with van der Waals surface area (Å²) < 4.78 is 33.7. The quantitative estimate of drug-likeness (QED) is 0.811. The van der Waals surface area contributed by atoms with Crippen LogP contribution in [0.2, 0.25) is 0 Å². The van der Waals surface area contributed by atoms with Crippen LogP contribution in [0.1, 0.15) is 20.3 Å². The number of carbonyl (C=O) groups is 1. The molecule has 0 bridgehead atoms. The van der Waals surface area contributed by atoms with Crippen molar-refractivity contribution in [2.24, 2.45) is 5.92 Å².